The van der Waals surface area contributed by atoms with Crippen LogP contribution in [0.2, 0.25) is 10.0 Å². The van der Waals surface area contributed by atoms with Crippen molar-refractivity contribution in [2.75, 3.05) is 6.54 Å². The lowest BCUT2D eigenvalue weighted by Gasteiger charge is -2.32. The Morgan fingerprint density at radius 1 is 1.16 bits per heavy atom. The predicted molar refractivity (Wildman–Crippen MR) is 86.2 cm³/mol. The van der Waals surface area contributed by atoms with Crippen molar-refractivity contribution in [3.05, 3.63) is 33.8 Å². The lowest BCUT2D eigenvalue weighted by atomic mass is 9.77. The average Bonchev–Trinajstić information content (AvgIpc) is 2.26. The maximum absolute atomic E-state index is 6.27. The Bertz CT molecular complexity index is 408. The maximum atomic E-state index is 6.27. The molecule has 0 bridgehead atoms. The van der Waals surface area contributed by atoms with Crippen LogP contribution in [0.25, 0.3) is 0 Å². The van der Waals surface area contributed by atoms with Gasteiger partial charge in [-0.2, -0.15) is 0 Å². The molecule has 0 amide bonds. The van der Waals surface area contributed by atoms with Crippen molar-refractivity contribution in [3.63, 3.8) is 0 Å². The van der Waals surface area contributed by atoms with E-state index < -0.39 is 0 Å². The van der Waals surface area contributed by atoms with Crippen molar-refractivity contribution in [2.45, 2.75) is 47.1 Å². The van der Waals surface area contributed by atoms with Gasteiger partial charge in [-0.15, -0.1) is 0 Å². The minimum Gasteiger partial charge on any atom is -0.314 e. The summed E-state index contributed by atoms with van der Waals surface area (Å²) in [7, 11) is 0. The quantitative estimate of drug-likeness (QED) is 0.788. The fraction of sp³-hybridized carbons (Fsp3) is 0.625. The molecule has 0 saturated carbocycles. The molecule has 0 spiro atoms. The molecule has 0 aliphatic carbocycles. The van der Waals surface area contributed by atoms with Gasteiger partial charge in [0.25, 0.3) is 0 Å². The standard InChI is InChI=1S/C16H25Cl2N/c1-11(2)19-10-13(16(3,4)5)8-12-9-14(17)6-7-15(12)18/h6-7,9,11,13,19H,8,10H2,1-5H3. The van der Waals surface area contributed by atoms with E-state index in [0.29, 0.717) is 12.0 Å². The van der Waals surface area contributed by atoms with Crippen molar-refractivity contribution in [1.82, 2.24) is 5.32 Å². The summed E-state index contributed by atoms with van der Waals surface area (Å²) in [6.45, 7) is 12.2. The molecule has 1 aromatic rings. The van der Waals surface area contributed by atoms with Gasteiger partial charge in [-0.3, -0.25) is 0 Å². The second-order valence-corrected chi connectivity index (χ2v) is 7.41. The third-order valence-electron chi connectivity index (χ3n) is 3.47. The van der Waals surface area contributed by atoms with Crippen LogP contribution in [0.4, 0.5) is 0 Å². The molecule has 0 aromatic heterocycles. The summed E-state index contributed by atoms with van der Waals surface area (Å²) in [5.41, 5.74) is 1.37. The van der Waals surface area contributed by atoms with Crippen LogP contribution < -0.4 is 5.32 Å². The average molecular weight is 302 g/mol. The molecule has 1 N–H and O–H groups in total. The molecule has 0 aliphatic heterocycles. The zero-order chi connectivity index (χ0) is 14.6. The van der Waals surface area contributed by atoms with Gasteiger partial charge in [0, 0.05) is 16.1 Å². The first-order chi connectivity index (χ1) is 8.70. The number of halogens is 2. The number of rotatable bonds is 5. The first-order valence-electron chi connectivity index (χ1n) is 6.87. The van der Waals surface area contributed by atoms with Crippen LogP contribution in [0.15, 0.2) is 18.2 Å². The summed E-state index contributed by atoms with van der Waals surface area (Å²) in [6.07, 6.45) is 0.947. The van der Waals surface area contributed by atoms with E-state index in [9.17, 15) is 0 Å². The molecule has 3 heteroatoms. The topological polar surface area (TPSA) is 12.0 Å². The highest BCUT2D eigenvalue weighted by Crippen LogP contribution is 2.31. The van der Waals surface area contributed by atoms with Crippen molar-refractivity contribution >= 4 is 23.2 Å². The van der Waals surface area contributed by atoms with Crippen LogP contribution >= 0.6 is 23.2 Å². The van der Waals surface area contributed by atoms with Crippen LogP contribution in [0, 0.1) is 11.3 Å². The van der Waals surface area contributed by atoms with E-state index >= 15 is 0 Å². The molecular formula is C16H25Cl2N. The van der Waals surface area contributed by atoms with E-state index in [4.69, 9.17) is 23.2 Å². The number of nitrogens with one attached hydrogen (secondary N) is 1. The lowest BCUT2D eigenvalue weighted by molar-refractivity contribution is 0.226. The summed E-state index contributed by atoms with van der Waals surface area (Å²) in [4.78, 5) is 0. The Hall–Kier alpha value is -0.240. The monoisotopic (exact) mass is 301 g/mol. The molecule has 0 aliphatic rings. The second kappa shape index (κ2) is 6.97. The molecule has 0 radical (unpaired) electrons. The van der Waals surface area contributed by atoms with Gasteiger partial charge in [0.2, 0.25) is 0 Å². The van der Waals surface area contributed by atoms with E-state index in [0.717, 1.165) is 28.6 Å². The van der Waals surface area contributed by atoms with E-state index in [1.807, 2.05) is 18.2 Å². The van der Waals surface area contributed by atoms with Crippen molar-refractivity contribution in [1.29, 1.82) is 0 Å². The molecule has 1 unspecified atom stereocenters. The van der Waals surface area contributed by atoms with Crippen LogP contribution in [0.5, 0.6) is 0 Å². The first kappa shape index (κ1) is 16.8. The van der Waals surface area contributed by atoms with E-state index in [2.05, 4.69) is 39.9 Å². The molecule has 19 heavy (non-hydrogen) atoms. The maximum Gasteiger partial charge on any atom is 0.0439 e. The van der Waals surface area contributed by atoms with E-state index in [1.165, 1.54) is 0 Å². The van der Waals surface area contributed by atoms with Gasteiger partial charge in [-0.1, -0.05) is 57.8 Å². The molecular weight excluding hydrogens is 277 g/mol. The van der Waals surface area contributed by atoms with Crippen molar-refractivity contribution < 1.29 is 0 Å². The predicted octanol–water partition coefficient (Wildman–Crippen LogP) is 5.20. The fourth-order valence-electron chi connectivity index (χ4n) is 2.03. The summed E-state index contributed by atoms with van der Waals surface area (Å²) < 4.78 is 0. The number of hydrogen-bond acceptors (Lipinski definition) is 1. The van der Waals surface area contributed by atoms with Crippen LogP contribution in [-0.2, 0) is 6.42 Å². The van der Waals surface area contributed by atoms with Gasteiger partial charge in [0.15, 0.2) is 0 Å². The summed E-state index contributed by atoms with van der Waals surface area (Å²) in [6, 6.07) is 6.21. The number of benzene rings is 1. The van der Waals surface area contributed by atoms with Crippen LogP contribution in [-0.4, -0.2) is 12.6 Å². The highest BCUT2D eigenvalue weighted by molar-refractivity contribution is 6.33. The van der Waals surface area contributed by atoms with Gasteiger partial charge in [-0.05, 0) is 48.1 Å². The minimum atomic E-state index is 0.230. The minimum absolute atomic E-state index is 0.230. The van der Waals surface area contributed by atoms with Gasteiger partial charge in [-0.25, -0.2) is 0 Å². The second-order valence-electron chi connectivity index (χ2n) is 6.57. The third-order valence-corrected chi connectivity index (χ3v) is 4.08. The molecule has 1 nitrogen and oxygen atoms in total. The highest BCUT2D eigenvalue weighted by Gasteiger charge is 2.25. The smallest absolute Gasteiger partial charge is 0.0439 e. The Balaban J connectivity index is 2.85. The Morgan fingerprint density at radius 2 is 1.79 bits per heavy atom. The SMILES string of the molecule is CC(C)NCC(Cc1cc(Cl)ccc1Cl)C(C)(C)C. The van der Waals surface area contributed by atoms with E-state index in [-0.39, 0.29) is 5.41 Å². The Labute approximate surface area is 127 Å². The molecule has 108 valence electrons. The third kappa shape index (κ3) is 5.72. The van der Waals surface area contributed by atoms with Gasteiger partial charge >= 0.3 is 0 Å². The Morgan fingerprint density at radius 3 is 2.32 bits per heavy atom. The molecule has 1 rings (SSSR count). The highest BCUT2D eigenvalue weighted by atomic mass is 35.5. The summed E-state index contributed by atoms with van der Waals surface area (Å²) >= 11 is 12.3. The summed E-state index contributed by atoms with van der Waals surface area (Å²) in [5.74, 6) is 0.519. The normalized spacial score (nSPS) is 13.9. The lowest BCUT2D eigenvalue weighted by Crippen LogP contribution is -2.36. The van der Waals surface area contributed by atoms with Gasteiger partial charge in [0.05, 0.1) is 0 Å². The summed E-state index contributed by atoms with van der Waals surface area (Å²) in [5, 5.41) is 5.09. The van der Waals surface area contributed by atoms with Crippen LogP contribution in [0.3, 0.4) is 0 Å². The Kier molecular flexibility index (Phi) is 6.16. The molecule has 1 aromatic carbocycles. The van der Waals surface area contributed by atoms with Gasteiger partial charge in [0.1, 0.15) is 0 Å². The van der Waals surface area contributed by atoms with Gasteiger partial charge < -0.3 is 5.32 Å². The largest absolute Gasteiger partial charge is 0.314 e. The van der Waals surface area contributed by atoms with Crippen LogP contribution in [0.1, 0.15) is 40.2 Å². The molecule has 0 fully saturated rings. The van der Waals surface area contributed by atoms with E-state index in [1.54, 1.807) is 0 Å². The zero-order valence-corrected chi connectivity index (χ0v) is 14.1. The van der Waals surface area contributed by atoms with Crippen molar-refractivity contribution in [2.24, 2.45) is 11.3 Å². The first-order valence-corrected chi connectivity index (χ1v) is 7.63. The molecule has 1 atom stereocenters. The molecule has 0 heterocycles. The number of hydrogen-bond donors (Lipinski definition) is 1. The zero-order valence-electron chi connectivity index (χ0n) is 12.6. The fourth-order valence-corrected chi connectivity index (χ4v) is 2.42. The van der Waals surface area contributed by atoms with Crippen molar-refractivity contribution in [3.8, 4) is 0 Å². The molecule has 0 saturated heterocycles.